The van der Waals surface area contributed by atoms with Crippen molar-refractivity contribution in [1.29, 1.82) is 0 Å². The van der Waals surface area contributed by atoms with Crippen molar-refractivity contribution in [3.63, 3.8) is 0 Å². The van der Waals surface area contributed by atoms with Gasteiger partial charge in [-0.2, -0.15) is 0 Å². The largest absolute Gasteiger partial charge is 0.432 e. The van der Waals surface area contributed by atoms with Crippen molar-refractivity contribution in [2.45, 2.75) is 30.7 Å². The molecule has 0 saturated carbocycles. The lowest BCUT2D eigenvalue weighted by molar-refractivity contribution is -0.291. The predicted molar refractivity (Wildman–Crippen MR) is 53.7 cm³/mol. The van der Waals surface area contributed by atoms with E-state index in [9.17, 15) is 20.1 Å². The van der Waals surface area contributed by atoms with Crippen LogP contribution in [0.4, 0.5) is 0 Å². The summed E-state index contributed by atoms with van der Waals surface area (Å²) in [6, 6.07) is 0. The van der Waals surface area contributed by atoms with E-state index in [4.69, 9.17) is 9.84 Å². The lowest BCUT2D eigenvalue weighted by Crippen LogP contribution is -2.59. The summed E-state index contributed by atoms with van der Waals surface area (Å²) in [5.41, 5.74) is 0. The number of carbonyl (C=O) groups excluding carboxylic acids is 1. The van der Waals surface area contributed by atoms with Crippen LogP contribution in [0.3, 0.4) is 0 Å². The molecule has 0 aliphatic carbocycles. The van der Waals surface area contributed by atoms with Gasteiger partial charge in [0.15, 0.2) is 0 Å². The van der Waals surface area contributed by atoms with Crippen LogP contribution >= 0.6 is 15.9 Å². The van der Waals surface area contributed by atoms with Crippen molar-refractivity contribution >= 4 is 21.9 Å². The molecule has 1 rings (SSSR count). The Kier molecular flexibility index (Phi) is 5.09. The fourth-order valence-corrected chi connectivity index (χ4v) is 1.46. The Morgan fingerprint density at radius 1 is 1.25 bits per heavy atom. The Morgan fingerprint density at radius 2 is 1.88 bits per heavy atom. The van der Waals surface area contributed by atoms with Gasteiger partial charge in [-0.1, -0.05) is 15.9 Å². The minimum absolute atomic E-state index is 0.0952. The summed E-state index contributed by atoms with van der Waals surface area (Å²) in [5.74, 6) is -0.690. The van der Waals surface area contributed by atoms with Gasteiger partial charge in [-0.3, -0.25) is 4.79 Å². The van der Waals surface area contributed by atoms with E-state index in [1.165, 1.54) is 0 Å². The van der Waals surface area contributed by atoms with Crippen LogP contribution in [0.25, 0.3) is 0 Å². The molecule has 0 unspecified atom stereocenters. The smallest absolute Gasteiger partial charge is 0.318 e. The number of aliphatic hydroxyl groups is 4. The third-order valence-corrected chi connectivity index (χ3v) is 2.66. The number of carbonyl (C=O) groups is 1. The highest BCUT2D eigenvalue weighted by atomic mass is 79.9. The third-order valence-electron chi connectivity index (χ3n) is 2.21. The minimum atomic E-state index is -1.55. The van der Waals surface area contributed by atoms with Gasteiger partial charge in [0.1, 0.15) is 29.7 Å². The van der Waals surface area contributed by atoms with Crippen molar-refractivity contribution in [3.8, 4) is 0 Å². The normalized spacial score (nSPS) is 39.4. The molecule has 1 saturated heterocycles. The highest BCUT2D eigenvalue weighted by Gasteiger charge is 2.45. The molecule has 1 aliphatic rings. The third kappa shape index (κ3) is 2.90. The molecule has 0 aromatic rings. The first-order valence-corrected chi connectivity index (χ1v) is 5.69. The Labute approximate surface area is 99.7 Å². The number of hydrogen-bond donors (Lipinski definition) is 4. The molecule has 8 heteroatoms. The maximum Gasteiger partial charge on any atom is 0.318 e. The van der Waals surface area contributed by atoms with Crippen LogP contribution in [-0.2, 0) is 14.3 Å². The van der Waals surface area contributed by atoms with Crippen LogP contribution in [0.1, 0.15) is 0 Å². The molecule has 0 amide bonds. The van der Waals surface area contributed by atoms with E-state index in [0.29, 0.717) is 0 Å². The SMILES string of the molecule is O=C(CBr)O[C@H]1O[C@H](CO)[C@@H](O)[C@H](O)[C@H]1O. The molecule has 0 aromatic heterocycles. The van der Waals surface area contributed by atoms with Crippen molar-refractivity contribution < 1.29 is 34.7 Å². The molecule has 5 atom stereocenters. The monoisotopic (exact) mass is 300 g/mol. The van der Waals surface area contributed by atoms with E-state index in [-0.39, 0.29) is 5.33 Å². The topological polar surface area (TPSA) is 116 Å². The van der Waals surface area contributed by atoms with E-state index >= 15 is 0 Å². The van der Waals surface area contributed by atoms with Crippen LogP contribution in [0, 0.1) is 0 Å². The van der Waals surface area contributed by atoms with Crippen molar-refractivity contribution in [1.82, 2.24) is 0 Å². The highest BCUT2D eigenvalue weighted by Crippen LogP contribution is 2.22. The Morgan fingerprint density at radius 3 is 2.38 bits per heavy atom. The lowest BCUT2D eigenvalue weighted by Gasteiger charge is -2.39. The van der Waals surface area contributed by atoms with Gasteiger partial charge in [-0.15, -0.1) is 0 Å². The number of esters is 1. The average molecular weight is 301 g/mol. The molecule has 16 heavy (non-hydrogen) atoms. The fourth-order valence-electron chi connectivity index (χ4n) is 1.33. The fraction of sp³-hybridized carbons (Fsp3) is 0.875. The molecule has 0 spiro atoms. The van der Waals surface area contributed by atoms with Crippen molar-refractivity contribution in [2.24, 2.45) is 0 Å². The van der Waals surface area contributed by atoms with Gasteiger partial charge in [-0.05, 0) is 0 Å². The zero-order valence-electron chi connectivity index (χ0n) is 8.19. The number of halogens is 1. The molecule has 7 nitrogen and oxygen atoms in total. The van der Waals surface area contributed by atoms with Gasteiger partial charge in [-0.25, -0.2) is 0 Å². The second kappa shape index (κ2) is 5.89. The Balaban J connectivity index is 2.67. The first kappa shape index (κ1) is 13.8. The number of alkyl halides is 1. The summed E-state index contributed by atoms with van der Waals surface area (Å²) in [7, 11) is 0. The summed E-state index contributed by atoms with van der Waals surface area (Å²) in [6.07, 6.45) is -7.04. The maximum atomic E-state index is 10.9. The molecular weight excluding hydrogens is 288 g/mol. The van der Waals surface area contributed by atoms with Crippen LogP contribution < -0.4 is 0 Å². The van der Waals surface area contributed by atoms with Gasteiger partial charge >= 0.3 is 5.97 Å². The van der Waals surface area contributed by atoms with E-state index in [1.807, 2.05) is 0 Å². The quantitative estimate of drug-likeness (QED) is 0.343. The molecule has 0 bridgehead atoms. The number of rotatable bonds is 3. The summed E-state index contributed by atoms with van der Waals surface area (Å²) in [4.78, 5) is 10.9. The number of aliphatic hydroxyl groups excluding tert-OH is 4. The van der Waals surface area contributed by atoms with Crippen LogP contribution in [-0.4, -0.2) is 69.0 Å². The van der Waals surface area contributed by atoms with E-state index in [1.54, 1.807) is 0 Å². The van der Waals surface area contributed by atoms with E-state index < -0.39 is 43.3 Å². The Bertz CT molecular complexity index is 247. The summed E-state index contributed by atoms with van der Waals surface area (Å²) < 4.78 is 9.59. The van der Waals surface area contributed by atoms with Crippen molar-refractivity contribution in [3.05, 3.63) is 0 Å². The Hall–Kier alpha value is -0.250. The molecule has 94 valence electrons. The number of hydrogen-bond acceptors (Lipinski definition) is 7. The van der Waals surface area contributed by atoms with Crippen LogP contribution in [0.15, 0.2) is 0 Å². The molecule has 4 N–H and O–H groups in total. The lowest BCUT2D eigenvalue weighted by atomic mass is 9.99. The van der Waals surface area contributed by atoms with Gasteiger partial charge in [0.05, 0.1) is 6.61 Å². The van der Waals surface area contributed by atoms with Crippen LogP contribution in [0.2, 0.25) is 0 Å². The first-order chi connectivity index (χ1) is 7.51. The van der Waals surface area contributed by atoms with E-state index in [0.717, 1.165) is 0 Å². The predicted octanol–water partition coefficient (Wildman–Crippen LogP) is -2.28. The van der Waals surface area contributed by atoms with Gasteiger partial charge in [0.25, 0.3) is 0 Å². The maximum absolute atomic E-state index is 10.9. The zero-order chi connectivity index (χ0) is 12.3. The molecule has 0 radical (unpaired) electrons. The second-order valence-corrected chi connectivity index (χ2v) is 3.88. The van der Waals surface area contributed by atoms with Gasteiger partial charge in [0, 0.05) is 0 Å². The van der Waals surface area contributed by atoms with Crippen LogP contribution in [0.5, 0.6) is 0 Å². The highest BCUT2D eigenvalue weighted by molar-refractivity contribution is 9.09. The number of ether oxygens (including phenoxy) is 2. The zero-order valence-corrected chi connectivity index (χ0v) is 9.78. The standard InChI is InChI=1S/C8H13BrO7/c9-1-4(11)16-8-7(14)6(13)5(12)3(2-10)15-8/h3,5-8,10,12-14H,1-2H2/t3-,5-,6+,7-,8-/m1/s1. The average Bonchev–Trinajstić information content (AvgIpc) is 2.29. The molecular formula is C8H13BrO7. The molecule has 0 aromatic carbocycles. The molecule has 1 heterocycles. The van der Waals surface area contributed by atoms with Crippen molar-refractivity contribution in [2.75, 3.05) is 11.9 Å². The summed E-state index contributed by atoms with van der Waals surface area (Å²) >= 11 is 2.85. The van der Waals surface area contributed by atoms with Gasteiger partial charge < -0.3 is 29.9 Å². The van der Waals surface area contributed by atoms with Gasteiger partial charge in [0.2, 0.25) is 6.29 Å². The van der Waals surface area contributed by atoms with E-state index in [2.05, 4.69) is 20.7 Å². The molecule has 1 fully saturated rings. The summed E-state index contributed by atoms with van der Waals surface area (Å²) in [6.45, 7) is -0.562. The summed E-state index contributed by atoms with van der Waals surface area (Å²) in [5, 5.41) is 37.0. The molecule has 1 aliphatic heterocycles. The first-order valence-electron chi connectivity index (χ1n) is 4.57. The second-order valence-electron chi connectivity index (χ2n) is 3.32. The minimum Gasteiger partial charge on any atom is -0.432 e.